The van der Waals surface area contributed by atoms with Crippen LogP contribution in [0.15, 0.2) is 41.1 Å². The highest BCUT2D eigenvalue weighted by atomic mass is 79.9. The summed E-state index contributed by atoms with van der Waals surface area (Å²) in [6.07, 6.45) is 3.31. The van der Waals surface area contributed by atoms with Crippen molar-refractivity contribution in [2.75, 3.05) is 4.42 Å². The zero-order valence-electron chi connectivity index (χ0n) is 8.56. The van der Waals surface area contributed by atoms with Crippen LogP contribution in [0.1, 0.15) is 5.56 Å². The zero-order chi connectivity index (χ0) is 11.5. The Kier molecular flexibility index (Phi) is 3.41. The van der Waals surface area contributed by atoms with Gasteiger partial charge in [-0.1, -0.05) is 6.07 Å². The van der Waals surface area contributed by atoms with Crippen LogP contribution in [0.5, 0.6) is 0 Å². The quantitative estimate of drug-likeness (QED) is 0.789. The summed E-state index contributed by atoms with van der Waals surface area (Å²) in [6, 6.07) is 7.67. The van der Waals surface area contributed by atoms with Gasteiger partial charge in [-0.2, -0.15) is 0 Å². The molecule has 1 aromatic heterocycles. The number of anilines is 2. The van der Waals surface area contributed by atoms with Crippen molar-refractivity contribution >= 4 is 39.3 Å². The van der Waals surface area contributed by atoms with Crippen molar-refractivity contribution in [3.05, 3.63) is 46.7 Å². The third kappa shape index (κ3) is 2.33. The highest BCUT2D eigenvalue weighted by Crippen LogP contribution is 2.32. The molecule has 0 fully saturated rings. The maximum atomic E-state index is 6.19. The van der Waals surface area contributed by atoms with Crippen LogP contribution in [0.4, 0.5) is 11.6 Å². The Balaban J connectivity index is 2.41. The Morgan fingerprint density at radius 2 is 1.94 bits per heavy atom. The molecule has 0 saturated carbocycles. The summed E-state index contributed by atoms with van der Waals surface area (Å²) < 4.78 is 2.33. The summed E-state index contributed by atoms with van der Waals surface area (Å²) in [5.41, 5.74) is 1.95. The molecule has 0 aliphatic heterocycles. The van der Waals surface area contributed by atoms with Crippen LogP contribution in [0.3, 0.4) is 0 Å². The maximum absolute atomic E-state index is 6.19. The van der Waals surface area contributed by atoms with Crippen molar-refractivity contribution in [1.82, 2.24) is 9.97 Å². The van der Waals surface area contributed by atoms with E-state index in [1.165, 1.54) is 4.42 Å². The molecule has 0 unspecified atom stereocenters. The van der Waals surface area contributed by atoms with Crippen molar-refractivity contribution in [3.63, 3.8) is 0 Å². The zero-order valence-corrected chi connectivity index (χ0v) is 10.9. The molecule has 2 aromatic rings. The van der Waals surface area contributed by atoms with E-state index in [1.807, 2.05) is 25.1 Å². The average Bonchev–Trinajstić information content (AvgIpc) is 2.32. The molecule has 1 aromatic carbocycles. The number of aromatic nitrogens is 2. The van der Waals surface area contributed by atoms with E-state index in [1.54, 1.807) is 18.5 Å². The van der Waals surface area contributed by atoms with Gasteiger partial charge in [0.25, 0.3) is 0 Å². The van der Waals surface area contributed by atoms with Crippen LogP contribution in [0, 0.1) is 6.92 Å². The first-order valence-corrected chi connectivity index (χ1v) is 5.80. The van der Waals surface area contributed by atoms with Gasteiger partial charge in [0.1, 0.15) is 0 Å². The molecule has 0 aliphatic carbocycles. The molecule has 0 N–H and O–H groups in total. The molecule has 0 radical (unpaired) electrons. The van der Waals surface area contributed by atoms with E-state index in [0.717, 1.165) is 15.7 Å². The summed E-state index contributed by atoms with van der Waals surface area (Å²) in [6.45, 7) is 2.01. The Hall–Kier alpha value is -1.13. The number of halogens is 2. The number of hydrogen-bond acceptors (Lipinski definition) is 3. The molecule has 1 heterocycles. The topological polar surface area (TPSA) is 29.0 Å². The summed E-state index contributed by atoms with van der Waals surface area (Å²) in [5, 5.41) is 0. The molecule has 0 saturated heterocycles. The summed E-state index contributed by atoms with van der Waals surface area (Å²) >= 11 is 9.63. The number of hydrogen-bond donors (Lipinski definition) is 0. The SMILES string of the molecule is Cc1ccc(Br)c(N(Cl)c2ncccn2)c1. The van der Waals surface area contributed by atoms with E-state index in [0.29, 0.717) is 5.95 Å². The highest BCUT2D eigenvalue weighted by molar-refractivity contribution is 9.10. The van der Waals surface area contributed by atoms with Gasteiger partial charge in [-0.15, -0.1) is 0 Å². The Morgan fingerprint density at radius 3 is 2.62 bits per heavy atom. The van der Waals surface area contributed by atoms with E-state index in [9.17, 15) is 0 Å². The Labute approximate surface area is 107 Å². The maximum Gasteiger partial charge on any atom is 0.245 e. The molecule has 82 valence electrons. The third-order valence-electron chi connectivity index (χ3n) is 2.04. The molecule has 16 heavy (non-hydrogen) atoms. The van der Waals surface area contributed by atoms with E-state index < -0.39 is 0 Å². The normalized spacial score (nSPS) is 10.2. The van der Waals surface area contributed by atoms with Crippen LogP contribution in [0.25, 0.3) is 0 Å². The fraction of sp³-hybridized carbons (Fsp3) is 0.0909. The van der Waals surface area contributed by atoms with Crippen molar-refractivity contribution in [2.24, 2.45) is 0 Å². The molecule has 0 bridgehead atoms. The lowest BCUT2D eigenvalue weighted by molar-refractivity contribution is 1.12. The van der Waals surface area contributed by atoms with Crippen LogP contribution >= 0.6 is 27.7 Å². The van der Waals surface area contributed by atoms with E-state index in [4.69, 9.17) is 11.8 Å². The van der Waals surface area contributed by atoms with Gasteiger partial charge in [0, 0.05) is 28.6 Å². The lowest BCUT2D eigenvalue weighted by Crippen LogP contribution is -2.06. The fourth-order valence-electron chi connectivity index (χ4n) is 1.27. The Morgan fingerprint density at radius 1 is 1.25 bits per heavy atom. The standard InChI is InChI=1S/C11H9BrClN3/c1-8-3-4-9(12)10(7-8)16(13)11-14-5-2-6-15-11/h2-7H,1H3. The minimum absolute atomic E-state index is 0.454. The minimum atomic E-state index is 0.454. The first-order valence-electron chi connectivity index (χ1n) is 4.67. The predicted molar refractivity (Wildman–Crippen MR) is 68.9 cm³/mol. The molecule has 0 atom stereocenters. The van der Waals surface area contributed by atoms with E-state index >= 15 is 0 Å². The molecule has 5 heteroatoms. The van der Waals surface area contributed by atoms with Gasteiger partial charge >= 0.3 is 0 Å². The van der Waals surface area contributed by atoms with Crippen molar-refractivity contribution in [3.8, 4) is 0 Å². The van der Waals surface area contributed by atoms with Crippen LogP contribution < -0.4 is 4.42 Å². The predicted octanol–water partition coefficient (Wildman–Crippen LogP) is 3.84. The van der Waals surface area contributed by atoms with Crippen molar-refractivity contribution in [2.45, 2.75) is 6.92 Å². The number of aryl methyl sites for hydroxylation is 1. The van der Waals surface area contributed by atoms with Gasteiger partial charge in [0.2, 0.25) is 5.95 Å². The molecule has 0 spiro atoms. The lowest BCUT2D eigenvalue weighted by Gasteiger charge is -2.15. The second kappa shape index (κ2) is 4.80. The fourth-order valence-corrected chi connectivity index (χ4v) is 2.03. The van der Waals surface area contributed by atoms with E-state index in [-0.39, 0.29) is 0 Å². The molecular weight excluding hydrogens is 289 g/mol. The highest BCUT2D eigenvalue weighted by Gasteiger charge is 2.12. The smallest absolute Gasteiger partial charge is 0.220 e. The summed E-state index contributed by atoms with van der Waals surface area (Å²) in [5.74, 6) is 0.454. The largest absolute Gasteiger partial charge is 0.245 e. The molecule has 2 rings (SSSR count). The van der Waals surface area contributed by atoms with Crippen molar-refractivity contribution in [1.29, 1.82) is 0 Å². The first kappa shape index (κ1) is 11.4. The molecular formula is C11H9BrClN3. The summed E-state index contributed by atoms with van der Waals surface area (Å²) in [7, 11) is 0. The minimum Gasteiger partial charge on any atom is -0.220 e. The Bertz CT molecular complexity index is 490. The average molecular weight is 299 g/mol. The number of benzene rings is 1. The molecule has 0 aliphatic rings. The van der Waals surface area contributed by atoms with Crippen LogP contribution in [0.2, 0.25) is 0 Å². The number of rotatable bonds is 2. The van der Waals surface area contributed by atoms with Gasteiger partial charge in [-0.25, -0.2) is 14.4 Å². The van der Waals surface area contributed by atoms with Crippen LogP contribution in [-0.2, 0) is 0 Å². The number of nitrogens with zero attached hydrogens (tertiary/aromatic N) is 3. The van der Waals surface area contributed by atoms with Gasteiger partial charge in [0.15, 0.2) is 0 Å². The van der Waals surface area contributed by atoms with Gasteiger partial charge in [-0.3, -0.25) is 0 Å². The van der Waals surface area contributed by atoms with Gasteiger partial charge < -0.3 is 0 Å². The third-order valence-corrected chi connectivity index (χ3v) is 3.04. The van der Waals surface area contributed by atoms with Gasteiger partial charge in [0.05, 0.1) is 5.69 Å². The second-order valence-corrected chi connectivity index (χ2v) is 4.48. The monoisotopic (exact) mass is 297 g/mol. The van der Waals surface area contributed by atoms with Crippen molar-refractivity contribution < 1.29 is 0 Å². The van der Waals surface area contributed by atoms with Gasteiger partial charge in [-0.05, 0) is 46.6 Å². The molecule has 3 nitrogen and oxygen atoms in total. The molecule has 0 amide bonds. The van der Waals surface area contributed by atoms with Crippen LogP contribution in [-0.4, -0.2) is 9.97 Å². The van der Waals surface area contributed by atoms with E-state index in [2.05, 4.69) is 25.9 Å². The summed E-state index contributed by atoms with van der Waals surface area (Å²) in [4.78, 5) is 8.18. The second-order valence-electron chi connectivity index (χ2n) is 3.28. The first-order chi connectivity index (χ1) is 7.68. The lowest BCUT2D eigenvalue weighted by atomic mass is 10.2.